The molecule has 0 spiro atoms. The van der Waals surface area contributed by atoms with Crippen LogP contribution in [0.3, 0.4) is 0 Å². The highest BCUT2D eigenvalue weighted by Gasteiger charge is 2.17. The Hall–Kier alpha value is -1.04. The maximum absolute atomic E-state index is 10.9. The monoisotopic (exact) mass is 268 g/mol. The molecule has 3 N–H and O–H groups in total. The van der Waals surface area contributed by atoms with Crippen LogP contribution in [0.25, 0.3) is 0 Å². The van der Waals surface area contributed by atoms with Crippen LogP contribution in [-0.2, 0) is 11.2 Å². The number of aryl methyl sites for hydroxylation is 1. The lowest BCUT2D eigenvalue weighted by molar-refractivity contribution is -0.117. The molecule has 0 aromatic carbocycles. The number of aromatic amines is 1. The summed E-state index contributed by atoms with van der Waals surface area (Å²) in [6.45, 7) is 1.77. The molecule has 1 heterocycles. The summed E-state index contributed by atoms with van der Waals surface area (Å²) < 4.78 is 0. The second-order valence-corrected chi connectivity index (χ2v) is 6.22. The van der Waals surface area contributed by atoms with E-state index < -0.39 is 0 Å². The summed E-state index contributed by atoms with van der Waals surface area (Å²) in [6, 6.07) is 0. The first-order chi connectivity index (χ1) is 8.65. The van der Waals surface area contributed by atoms with Crippen LogP contribution in [0.4, 0.5) is 0 Å². The van der Waals surface area contributed by atoms with Crippen molar-refractivity contribution < 1.29 is 4.79 Å². The molecule has 18 heavy (non-hydrogen) atoms. The number of hydrogen-bond acceptors (Lipinski definition) is 4. The second kappa shape index (κ2) is 6.22. The summed E-state index contributed by atoms with van der Waals surface area (Å²) in [5.41, 5.74) is 5.21. The van der Waals surface area contributed by atoms with Crippen molar-refractivity contribution in [2.45, 2.75) is 55.9 Å². The van der Waals surface area contributed by atoms with Gasteiger partial charge in [0.15, 0.2) is 0 Å². The number of rotatable bonds is 6. The van der Waals surface area contributed by atoms with Crippen LogP contribution in [0, 0.1) is 5.92 Å². The molecule has 0 aliphatic heterocycles. The van der Waals surface area contributed by atoms with Gasteiger partial charge in [0.2, 0.25) is 11.1 Å². The van der Waals surface area contributed by atoms with Crippen LogP contribution in [0.5, 0.6) is 0 Å². The van der Waals surface area contributed by atoms with Gasteiger partial charge in [0.05, 0.1) is 5.25 Å². The maximum Gasteiger partial charge on any atom is 0.230 e. The van der Waals surface area contributed by atoms with Crippen LogP contribution in [0.2, 0.25) is 0 Å². The molecule has 2 rings (SSSR count). The predicted octanol–water partition coefficient (Wildman–Crippen LogP) is 1.89. The summed E-state index contributed by atoms with van der Waals surface area (Å²) in [7, 11) is 0. The Labute approximate surface area is 111 Å². The summed E-state index contributed by atoms with van der Waals surface area (Å²) in [4.78, 5) is 15.3. The molecule has 5 nitrogen and oxygen atoms in total. The Bertz CT molecular complexity index is 401. The van der Waals surface area contributed by atoms with Gasteiger partial charge in [-0.15, -0.1) is 5.10 Å². The Kier molecular flexibility index (Phi) is 4.63. The molecular weight excluding hydrogens is 248 g/mol. The Balaban J connectivity index is 1.80. The molecule has 1 amide bonds. The van der Waals surface area contributed by atoms with Gasteiger partial charge >= 0.3 is 0 Å². The summed E-state index contributed by atoms with van der Waals surface area (Å²) in [5.74, 6) is 1.44. The van der Waals surface area contributed by atoms with Crippen LogP contribution in [0.15, 0.2) is 5.16 Å². The zero-order chi connectivity index (χ0) is 13.0. The number of carbonyl (C=O) groups excluding carboxylic acids is 1. The van der Waals surface area contributed by atoms with Gasteiger partial charge in [-0.1, -0.05) is 37.4 Å². The molecule has 1 saturated carbocycles. The third kappa shape index (κ3) is 3.73. The van der Waals surface area contributed by atoms with E-state index in [0.717, 1.165) is 18.2 Å². The number of carbonyl (C=O) groups is 1. The molecule has 1 aromatic heterocycles. The molecule has 0 unspecified atom stereocenters. The minimum atomic E-state index is -0.336. The molecule has 0 saturated heterocycles. The van der Waals surface area contributed by atoms with Crippen molar-refractivity contribution in [1.29, 1.82) is 0 Å². The number of nitrogens with one attached hydrogen (secondary N) is 1. The number of nitrogens with zero attached hydrogens (tertiary/aromatic N) is 2. The molecule has 0 bridgehead atoms. The van der Waals surface area contributed by atoms with Crippen molar-refractivity contribution in [2.75, 3.05) is 0 Å². The van der Waals surface area contributed by atoms with Crippen LogP contribution >= 0.6 is 11.8 Å². The zero-order valence-corrected chi connectivity index (χ0v) is 11.5. The van der Waals surface area contributed by atoms with E-state index in [2.05, 4.69) is 15.2 Å². The first-order valence-electron chi connectivity index (χ1n) is 6.52. The highest BCUT2D eigenvalue weighted by molar-refractivity contribution is 8.00. The number of amides is 1. The SMILES string of the molecule is C[C@H](Sc1n[nH]c(CCC2CCCC2)n1)C(N)=O. The number of aromatic nitrogens is 3. The van der Waals surface area contributed by atoms with Crippen LogP contribution < -0.4 is 5.73 Å². The molecule has 1 aromatic rings. The zero-order valence-electron chi connectivity index (χ0n) is 10.7. The summed E-state index contributed by atoms with van der Waals surface area (Å²) in [6.07, 6.45) is 7.59. The lowest BCUT2D eigenvalue weighted by Crippen LogP contribution is -2.22. The van der Waals surface area contributed by atoms with E-state index >= 15 is 0 Å². The van der Waals surface area contributed by atoms with E-state index in [0.29, 0.717) is 5.16 Å². The molecule has 6 heteroatoms. The molecular formula is C12H20N4OS. The van der Waals surface area contributed by atoms with Crippen LogP contribution in [-0.4, -0.2) is 26.3 Å². The van der Waals surface area contributed by atoms with Gasteiger partial charge in [0, 0.05) is 6.42 Å². The Morgan fingerprint density at radius 3 is 2.94 bits per heavy atom. The van der Waals surface area contributed by atoms with Gasteiger partial charge in [-0.2, -0.15) is 0 Å². The number of thioether (sulfide) groups is 1. The minimum absolute atomic E-state index is 0.288. The average molecular weight is 268 g/mol. The topological polar surface area (TPSA) is 84.7 Å². The van der Waals surface area contributed by atoms with Gasteiger partial charge in [-0.3, -0.25) is 9.89 Å². The second-order valence-electron chi connectivity index (χ2n) is 4.92. The fraction of sp³-hybridized carbons (Fsp3) is 0.750. The van der Waals surface area contributed by atoms with E-state index in [1.54, 1.807) is 6.92 Å². The van der Waals surface area contributed by atoms with E-state index in [1.807, 2.05) is 0 Å². The molecule has 1 aliphatic carbocycles. The van der Waals surface area contributed by atoms with Gasteiger partial charge < -0.3 is 5.73 Å². The van der Waals surface area contributed by atoms with Crippen molar-refractivity contribution in [3.8, 4) is 0 Å². The standard InChI is InChI=1S/C12H20N4OS/c1-8(11(13)17)18-12-14-10(15-16-12)7-6-9-4-2-3-5-9/h8-9H,2-7H2,1H3,(H2,13,17)(H,14,15,16)/t8-/m0/s1. The van der Waals surface area contributed by atoms with E-state index in [4.69, 9.17) is 5.73 Å². The fourth-order valence-corrected chi connectivity index (χ4v) is 2.99. The Morgan fingerprint density at radius 1 is 1.56 bits per heavy atom. The number of primary amides is 1. The first-order valence-corrected chi connectivity index (χ1v) is 7.40. The van der Waals surface area contributed by atoms with Gasteiger partial charge in [0.1, 0.15) is 5.82 Å². The van der Waals surface area contributed by atoms with Gasteiger partial charge in [-0.25, -0.2) is 4.98 Å². The number of nitrogens with two attached hydrogens (primary N) is 1. The smallest absolute Gasteiger partial charge is 0.230 e. The van der Waals surface area contributed by atoms with Gasteiger partial charge in [0.25, 0.3) is 0 Å². The maximum atomic E-state index is 10.9. The number of H-pyrrole nitrogens is 1. The molecule has 1 fully saturated rings. The first kappa shape index (κ1) is 13.4. The van der Waals surface area contributed by atoms with Gasteiger partial charge in [-0.05, 0) is 19.3 Å². The lowest BCUT2D eigenvalue weighted by Gasteiger charge is -2.05. The minimum Gasteiger partial charge on any atom is -0.369 e. The third-order valence-corrected chi connectivity index (χ3v) is 4.44. The van der Waals surface area contributed by atoms with Crippen molar-refractivity contribution >= 4 is 17.7 Å². The normalized spacial score (nSPS) is 18.1. The van der Waals surface area contributed by atoms with E-state index in [9.17, 15) is 4.79 Å². The van der Waals surface area contributed by atoms with Crippen molar-refractivity contribution in [2.24, 2.45) is 11.7 Å². The third-order valence-electron chi connectivity index (χ3n) is 3.46. The summed E-state index contributed by atoms with van der Waals surface area (Å²) in [5, 5.41) is 7.37. The number of hydrogen-bond donors (Lipinski definition) is 2. The van der Waals surface area contributed by atoms with Crippen molar-refractivity contribution in [1.82, 2.24) is 15.2 Å². The quantitative estimate of drug-likeness (QED) is 0.772. The van der Waals surface area contributed by atoms with E-state index in [-0.39, 0.29) is 11.2 Å². The average Bonchev–Trinajstić information content (AvgIpc) is 2.96. The lowest BCUT2D eigenvalue weighted by atomic mass is 10.0. The Morgan fingerprint density at radius 2 is 2.28 bits per heavy atom. The molecule has 1 atom stereocenters. The molecule has 0 radical (unpaired) electrons. The van der Waals surface area contributed by atoms with Crippen LogP contribution in [0.1, 0.15) is 44.9 Å². The summed E-state index contributed by atoms with van der Waals surface area (Å²) >= 11 is 1.30. The largest absolute Gasteiger partial charge is 0.369 e. The molecule has 1 aliphatic rings. The molecule has 100 valence electrons. The fourth-order valence-electron chi connectivity index (χ4n) is 2.30. The highest BCUT2D eigenvalue weighted by atomic mass is 32.2. The van der Waals surface area contributed by atoms with Crippen molar-refractivity contribution in [3.05, 3.63) is 5.82 Å². The van der Waals surface area contributed by atoms with E-state index in [1.165, 1.54) is 43.9 Å². The predicted molar refractivity (Wildman–Crippen MR) is 71.2 cm³/mol. The highest BCUT2D eigenvalue weighted by Crippen LogP contribution is 2.28. The van der Waals surface area contributed by atoms with Crippen molar-refractivity contribution in [3.63, 3.8) is 0 Å².